The second kappa shape index (κ2) is 10.1. The zero-order valence-electron chi connectivity index (χ0n) is 14.1. The second-order valence-corrected chi connectivity index (χ2v) is 6.75. The topological polar surface area (TPSA) is 72.8 Å². The van der Waals surface area contributed by atoms with E-state index in [4.69, 9.17) is 9.47 Å². The molecule has 1 aromatic heterocycles. The quantitative estimate of drug-likeness (QED) is 0.369. The number of rotatable bonds is 9. The third-order valence-corrected chi connectivity index (χ3v) is 4.39. The highest BCUT2D eigenvalue weighted by molar-refractivity contribution is 9.10. The molecule has 0 bridgehead atoms. The molecule has 6 nitrogen and oxygen atoms in total. The fourth-order valence-corrected chi connectivity index (χ4v) is 3.06. The number of aromatic nitrogens is 1. The molecule has 0 spiro atoms. The summed E-state index contributed by atoms with van der Waals surface area (Å²) in [7, 11) is 0. The van der Waals surface area contributed by atoms with Crippen molar-refractivity contribution >= 4 is 44.6 Å². The van der Waals surface area contributed by atoms with Gasteiger partial charge in [0, 0.05) is 5.38 Å². The Morgan fingerprint density at radius 3 is 3.00 bits per heavy atom. The molecule has 2 rings (SSSR count). The third kappa shape index (κ3) is 6.47. The second-order valence-electron chi connectivity index (χ2n) is 5.03. The van der Waals surface area contributed by atoms with Gasteiger partial charge in [0.15, 0.2) is 0 Å². The molecule has 0 aliphatic rings. The van der Waals surface area contributed by atoms with Gasteiger partial charge in [-0.05, 0) is 53.0 Å². The lowest BCUT2D eigenvalue weighted by atomic mass is 10.2. The maximum Gasteiger partial charge on any atom is 0.311 e. The van der Waals surface area contributed by atoms with Gasteiger partial charge in [0.05, 0.1) is 36.0 Å². The van der Waals surface area contributed by atoms with Gasteiger partial charge in [-0.15, -0.1) is 11.3 Å². The van der Waals surface area contributed by atoms with Crippen molar-refractivity contribution < 1.29 is 14.3 Å². The summed E-state index contributed by atoms with van der Waals surface area (Å²) < 4.78 is 11.4. The number of esters is 1. The number of thiazole rings is 1. The normalized spacial score (nSPS) is 10.8. The van der Waals surface area contributed by atoms with Crippen LogP contribution in [-0.2, 0) is 16.0 Å². The minimum atomic E-state index is -0.280. The van der Waals surface area contributed by atoms with Gasteiger partial charge in [-0.25, -0.2) is 4.98 Å². The Morgan fingerprint density at radius 1 is 1.44 bits per heavy atom. The predicted octanol–water partition coefficient (Wildman–Crippen LogP) is 4.25. The summed E-state index contributed by atoms with van der Waals surface area (Å²) in [5, 5.41) is 6.60. The molecule has 0 saturated carbocycles. The van der Waals surface area contributed by atoms with Crippen molar-refractivity contribution in [2.24, 2.45) is 5.10 Å². The van der Waals surface area contributed by atoms with Gasteiger partial charge >= 0.3 is 5.97 Å². The minimum absolute atomic E-state index is 0.169. The van der Waals surface area contributed by atoms with Crippen LogP contribution in [0, 0.1) is 0 Å². The van der Waals surface area contributed by atoms with Gasteiger partial charge in [0.2, 0.25) is 5.13 Å². The summed E-state index contributed by atoms with van der Waals surface area (Å²) in [5.74, 6) is 0.536. The van der Waals surface area contributed by atoms with E-state index in [-0.39, 0.29) is 12.4 Å². The summed E-state index contributed by atoms with van der Waals surface area (Å²) in [6.45, 7) is 4.90. The molecule has 0 amide bonds. The first-order valence-corrected chi connectivity index (χ1v) is 9.61. The fourth-order valence-electron chi connectivity index (χ4n) is 1.89. The lowest BCUT2D eigenvalue weighted by Gasteiger charge is -2.07. The molecule has 8 heteroatoms. The zero-order chi connectivity index (χ0) is 18.1. The van der Waals surface area contributed by atoms with Crippen molar-refractivity contribution in [3.8, 4) is 5.75 Å². The van der Waals surface area contributed by atoms with Crippen LogP contribution in [0.5, 0.6) is 5.75 Å². The number of nitrogens with one attached hydrogen (secondary N) is 1. The molecule has 0 aliphatic heterocycles. The van der Waals surface area contributed by atoms with Crippen LogP contribution in [0.4, 0.5) is 5.13 Å². The fraction of sp³-hybridized carbons (Fsp3) is 0.353. The first kappa shape index (κ1) is 19.4. The predicted molar refractivity (Wildman–Crippen MR) is 104 cm³/mol. The van der Waals surface area contributed by atoms with Crippen LogP contribution >= 0.6 is 27.3 Å². The molecule has 0 radical (unpaired) electrons. The van der Waals surface area contributed by atoms with Gasteiger partial charge in [-0.2, -0.15) is 5.10 Å². The summed E-state index contributed by atoms with van der Waals surface area (Å²) >= 11 is 4.88. The lowest BCUT2D eigenvalue weighted by molar-refractivity contribution is -0.142. The highest BCUT2D eigenvalue weighted by Gasteiger charge is 2.08. The number of carbonyl (C=O) groups excluding carboxylic acids is 1. The Balaban J connectivity index is 1.89. The highest BCUT2D eigenvalue weighted by atomic mass is 79.9. The zero-order valence-corrected chi connectivity index (χ0v) is 16.5. The van der Waals surface area contributed by atoms with Crippen molar-refractivity contribution in [3.05, 3.63) is 39.3 Å². The number of hydrogen-bond donors (Lipinski definition) is 1. The van der Waals surface area contributed by atoms with E-state index in [0.717, 1.165) is 22.2 Å². The summed E-state index contributed by atoms with van der Waals surface area (Å²) in [6, 6.07) is 5.76. The van der Waals surface area contributed by atoms with E-state index in [1.165, 1.54) is 11.3 Å². The van der Waals surface area contributed by atoms with E-state index in [1.807, 2.05) is 23.6 Å². The Morgan fingerprint density at radius 2 is 2.28 bits per heavy atom. The van der Waals surface area contributed by atoms with Crippen molar-refractivity contribution in [2.75, 3.05) is 18.6 Å². The summed E-state index contributed by atoms with van der Waals surface area (Å²) in [5.41, 5.74) is 4.46. The molecule has 0 aliphatic carbocycles. The number of nitrogens with zero attached hydrogens (tertiary/aromatic N) is 2. The molecule has 0 unspecified atom stereocenters. The monoisotopic (exact) mass is 425 g/mol. The number of hydrazone groups is 1. The smallest absolute Gasteiger partial charge is 0.311 e. The van der Waals surface area contributed by atoms with Gasteiger partial charge < -0.3 is 9.47 Å². The molecule has 1 aromatic carbocycles. The molecule has 25 heavy (non-hydrogen) atoms. The highest BCUT2D eigenvalue weighted by Crippen LogP contribution is 2.25. The molecule has 2 aromatic rings. The number of ether oxygens (including phenoxy) is 2. The largest absolute Gasteiger partial charge is 0.492 e. The Labute approximate surface area is 159 Å². The van der Waals surface area contributed by atoms with E-state index in [9.17, 15) is 4.79 Å². The van der Waals surface area contributed by atoms with E-state index < -0.39 is 0 Å². The maximum atomic E-state index is 11.4. The van der Waals surface area contributed by atoms with Crippen molar-refractivity contribution in [1.29, 1.82) is 0 Å². The van der Waals surface area contributed by atoms with Crippen LogP contribution in [0.3, 0.4) is 0 Å². The van der Waals surface area contributed by atoms with Crippen molar-refractivity contribution in [2.45, 2.75) is 26.7 Å². The average molecular weight is 426 g/mol. The van der Waals surface area contributed by atoms with Crippen LogP contribution in [0.25, 0.3) is 0 Å². The number of hydrogen-bond acceptors (Lipinski definition) is 7. The SMILES string of the molecule is CCCOc1ccc(/C=N\Nc2nc(CC(=O)OCC)cs2)cc1Br. The standard InChI is InChI=1S/C17H20BrN3O3S/c1-3-7-24-15-6-5-12(8-14(15)18)10-19-21-17-20-13(11-25-17)9-16(22)23-4-2/h5-6,8,10-11H,3-4,7,9H2,1-2H3,(H,20,21)/b19-10-. The van der Waals surface area contributed by atoms with Crippen LogP contribution in [0.2, 0.25) is 0 Å². The van der Waals surface area contributed by atoms with E-state index in [1.54, 1.807) is 13.1 Å². The number of halogens is 1. The lowest BCUT2D eigenvalue weighted by Crippen LogP contribution is -2.07. The average Bonchev–Trinajstić information content (AvgIpc) is 3.01. The third-order valence-electron chi connectivity index (χ3n) is 2.97. The summed E-state index contributed by atoms with van der Waals surface area (Å²) in [4.78, 5) is 15.7. The minimum Gasteiger partial charge on any atom is -0.492 e. The molecule has 0 fully saturated rings. The maximum absolute atomic E-state index is 11.4. The van der Waals surface area contributed by atoms with E-state index in [0.29, 0.717) is 24.0 Å². The first-order valence-electron chi connectivity index (χ1n) is 7.93. The number of benzene rings is 1. The van der Waals surface area contributed by atoms with Gasteiger partial charge in [-0.3, -0.25) is 10.2 Å². The Bertz CT molecular complexity index is 734. The molecule has 1 heterocycles. The molecular weight excluding hydrogens is 406 g/mol. The van der Waals surface area contributed by atoms with Crippen LogP contribution in [-0.4, -0.2) is 30.4 Å². The molecule has 0 atom stereocenters. The molecule has 1 N–H and O–H groups in total. The Hall–Kier alpha value is -1.93. The van der Waals surface area contributed by atoms with Crippen LogP contribution in [0.1, 0.15) is 31.5 Å². The van der Waals surface area contributed by atoms with Gasteiger partial charge in [-0.1, -0.05) is 6.92 Å². The van der Waals surface area contributed by atoms with Crippen molar-refractivity contribution in [1.82, 2.24) is 4.98 Å². The summed E-state index contributed by atoms with van der Waals surface area (Å²) in [6.07, 6.45) is 2.83. The van der Waals surface area contributed by atoms with E-state index in [2.05, 4.69) is 38.4 Å². The Kier molecular flexibility index (Phi) is 7.87. The van der Waals surface area contributed by atoms with Gasteiger partial charge in [0.25, 0.3) is 0 Å². The van der Waals surface area contributed by atoms with Crippen LogP contribution < -0.4 is 10.2 Å². The van der Waals surface area contributed by atoms with E-state index >= 15 is 0 Å². The molecular formula is C17H20BrN3O3S. The van der Waals surface area contributed by atoms with Crippen LogP contribution in [0.15, 0.2) is 33.2 Å². The molecule has 134 valence electrons. The molecule has 0 saturated heterocycles. The number of carbonyl (C=O) groups is 1. The van der Waals surface area contributed by atoms with Crippen molar-refractivity contribution in [3.63, 3.8) is 0 Å². The van der Waals surface area contributed by atoms with Gasteiger partial charge in [0.1, 0.15) is 5.75 Å². The first-order chi connectivity index (χ1) is 12.1. The number of anilines is 1.